The van der Waals surface area contributed by atoms with Gasteiger partial charge in [-0.2, -0.15) is 10.5 Å². The number of hydrogen-bond donors (Lipinski definition) is 1. The summed E-state index contributed by atoms with van der Waals surface area (Å²) < 4.78 is 14.5. The summed E-state index contributed by atoms with van der Waals surface area (Å²) in [5.74, 6) is -0.404. The monoisotopic (exact) mass is 241 g/mol. The number of hydrogen-bond acceptors (Lipinski definition) is 4. The summed E-state index contributed by atoms with van der Waals surface area (Å²) in [4.78, 5) is 3.82. The lowest BCUT2D eigenvalue weighted by Gasteiger charge is -2.09. The van der Waals surface area contributed by atoms with E-state index in [1.165, 1.54) is 29.1 Å². The molecule has 2 N–H and O–H groups in total. The molecule has 1 heterocycles. The highest BCUT2D eigenvalue weighted by Crippen LogP contribution is 2.19. The Morgan fingerprint density at radius 1 is 1.33 bits per heavy atom. The number of nitrogens with two attached hydrogens (primary N) is 1. The van der Waals surface area contributed by atoms with Crippen LogP contribution in [-0.4, -0.2) is 9.55 Å². The van der Waals surface area contributed by atoms with Crippen LogP contribution < -0.4 is 5.73 Å². The molecule has 0 fully saturated rings. The lowest BCUT2D eigenvalue weighted by molar-refractivity contribution is 0.624. The highest BCUT2D eigenvalue weighted by Gasteiger charge is 2.14. The van der Waals surface area contributed by atoms with Crippen LogP contribution in [0.5, 0.6) is 0 Å². The van der Waals surface area contributed by atoms with E-state index in [1.54, 1.807) is 0 Å². The minimum absolute atomic E-state index is 0.0322. The Morgan fingerprint density at radius 3 is 2.72 bits per heavy atom. The predicted octanol–water partition coefficient (Wildman–Crippen LogP) is 1.21. The third-order valence-electron chi connectivity index (χ3n) is 2.50. The highest BCUT2D eigenvalue weighted by atomic mass is 19.1. The van der Waals surface area contributed by atoms with Crippen molar-refractivity contribution in [1.29, 1.82) is 10.5 Å². The molecule has 0 unspecified atom stereocenters. The molecule has 1 aromatic carbocycles. The second kappa shape index (κ2) is 4.66. The molecule has 0 radical (unpaired) electrons. The van der Waals surface area contributed by atoms with Crippen LogP contribution in [0.4, 0.5) is 4.39 Å². The van der Waals surface area contributed by atoms with Gasteiger partial charge in [-0.25, -0.2) is 9.37 Å². The third kappa shape index (κ3) is 1.81. The average molecular weight is 241 g/mol. The summed E-state index contributed by atoms with van der Waals surface area (Å²) in [6, 6.07) is 7.79. The Morgan fingerprint density at radius 2 is 2.11 bits per heavy atom. The Bertz CT molecular complexity index is 675. The van der Waals surface area contributed by atoms with Gasteiger partial charge in [-0.1, -0.05) is 0 Å². The molecule has 2 aromatic rings. The normalized spacial score (nSPS) is 9.78. The lowest BCUT2D eigenvalue weighted by Crippen LogP contribution is -2.06. The fraction of sp³-hybridized carbons (Fsp3) is 0.0833. The second-order valence-corrected chi connectivity index (χ2v) is 3.51. The summed E-state index contributed by atoms with van der Waals surface area (Å²) >= 11 is 0. The molecule has 0 amide bonds. The van der Waals surface area contributed by atoms with Crippen molar-refractivity contribution in [2.45, 2.75) is 6.54 Å². The van der Waals surface area contributed by atoms with Gasteiger partial charge in [0.2, 0.25) is 0 Å². The zero-order valence-electron chi connectivity index (χ0n) is 9.26. The fourth-order valence-corrected chi connectivity index (χ4v) is 1.67. The zero-order chi connectivity index (χ0) is 13.1. The smallest absolute Gasteiger partial charge is 0.177 e. The van der Waals surface area contributed by atoms with E-state index in [9.17, 15) is 4.39 Å². The highest BCUT2D eigenvalue weighted by molar-refractivity contribution is 5.48. The standard InChI is InChI=1S/C12H8FN5/c13-9-1-2-11(8(3-9)4-14)18-7-17-10(5-15)12(18)6-16/h1-3,7H,4,14H2. The molecule has 0 aliphatic heterocycles. The SMILES string of the molecule is N#Cc1ncn(-c2ccc(F)cc2CN)c1C#N. The lowest BCUT2D eigenvalue weighted by atomic mass is 10.1. The molecule has 0 bridgehead atoms. The summed E-state index contributed by atoms with van der Waals surface area (Å²) in [6.45, 7) is 0.123. The summed E-state index contributed by atoms with van der Waals surface area (Å²) in [7, 11) is 0. The quantitative estimate of drug-likeness (QED) is 0.855. The molecule has 0 aliphatic rings. The molecular formula is C12H8FN5. The van der Waals surface area contributed by atoms with E-state index in [0.29, 0.717) is 11.3 Å². The van der Waals surface area contributed by atoms with Crippen LogP contribution >= 0.6 is 0 Å². The van der Waals surface area contributed by atoms with E-state index >= 15 is 0 Å². The number of aromatic nitrogens is 2. The van der Waals surface area contributed by atoms with Crippen molar-refractivity contribution >= 4 is 0 Å². The van der Waals surface area contributed by atoms with Crippen LogP contribution in [0.3, 0.4) is 0 Å². The molecule has 0 atom stereocenters. The average Bonchev–Trinajstić information content (AvgIpc) is 2.81. The van der Waals surface area contributed by atoms with Gasteiger partial charge in [0.05, 0.1) is 5.69 Å². The first-order valence-electron chi connectivity index (χ1n) is 5.07. The van der Waals surface area contributed by atoms with Gasteiger partial charge in [0.1, 0.15) is 24.3 Å². The van der Waals surface area contributed by atoms with Crippen LogP contribution in [0.1, 0.15) is 17.0 Å². The molecule has 0 saturated heterocycles. The number of rotatable bonds is 2. The van der Waals surface area contributed by atoms with Gasteiger partial charge >= 0.3 is 0 Å². The molecule has 18 heavy (non-hydrogen) atoms. The first-order valence-corrected chi connectivity index (χ1v) is 5.07. The van der Waals surface area contributed by atoms with Gasteiger partial charge in [0, 0.05) is 6.54 Å². The maximum absolute atomic E-state index is 13.1. The fourth-order valence-electron chi connectivity index (χ4n) is 1.67. The van der Waals surface area contributed by atoms with Crippen molar-refractivity contribution in [3.63, 3.8) is 0 Å². The van der Waals surface area contributed by atoms with Gasteiger partial charge in [0.25, 0.3) is 0 Å². The van der Waals surface area contributed by atoms with Crippen molar-refractivity contribution < 1.29 is 4.39 Å². The zero-order valence-corrected chi connectivity index (χ0v) is 9.26. The number of halogens is 1. The van der Waals surface area contributed by atoms with Crippen molar-refractivity contribution in [2.24, 2.45) is 5.73 Å². The molecule has 88 valence electrons. The Hall–Kier alpha value is -2.70. The van der Waals surface area contributed by atoms with Crippen molar-refractivity contribution in [3.8, 4) is 17.8 Å². The van der Waals surface area contributed by atoms with Crippen LogP contribution in [0, 0.1) is 28.5 Å². The number of benzene rings is 1. The van der Waals surface area contributed by atoms with Crippen LogP contribution in [0.25, 0.3) is 5.69 Å². The van der Waals surface area contributed by atoms with E-state index in [0.717, 1.165) is 0 Å². The summed E-state index contributed by atoms with van der Waals surface area (Å²) in [6.07, 6.45) is 1.35. The first kappa shape index (κ1) is 11.8. The van der Waals surface area contributed by atoms with Crippen molar-refractivity contribution in [3.05, 3.63) is 47.3 Å². The van der Waals surface area contributed by atoms with E-state index in [2.05, 4.69) is 4.98 Å². The summed E-state index contributed by atoms with van der Waals surface area (Å²) in [5, 5.41) is 17.9. The van der Waals surface area contributed by atoms with Crippen molar-refractivity contribution in [1.82, 2.24) is 9.55 Å². The molecule has 1 aromatic heterocycles. The van der Waals surface area contributed by atoms with E-state index in [4.69, 9.17) is 16.3 Å². The Kier molecular flexibility index (Phi) is 3.05. The Labute approximate surface area is 103 Å². The minimum Gasteiger partial charge on any atom is -0.326 e. The van der Waals surface area contributed by atoms with Crippen LogP contribution in [0.2, 0.25) is 0 Å². The minimum atomic E-state index is -0.404. The number of nitrogens with zero attached hydrogens (tertiary/aromatic N) is 4. The molecule has 5 nitrogen and oxygen atoms in total. The summed E-state index contributed by atoms with van der Waals surface area (Å²) in [5.41, 5.74) is 6.76. The maximum Gasteiger partial charge on any atom is 0.177 e. The maximum atomic E-state index is 13.1. The molecule has 2 rings (SSSR count). The van der Waals surface area contributed by atoms with Gasteiger partial charge < -0.3 is 5.73 Å². The number of imidazole rings is 1. The molecule has 0 spiro atoms. The molecule has 6 heteroatoms. The predicted molar refractivity (Wildman–Crippen MR) is 60.8 cm³/mol. The molecule has 0 saturated carbocycles. The van der Waals surface area contributed by atoms with Gasteiger partial charge in [-0.15, -0.1) is 0 Å². The van der Waals surface area contributed by atoms with E-state index in [-0.39, 0.29) is 17.9 Å². The van der Waals surface area contributed by atoms with Crippen LogP contribution in [-0.2, 0) is 6.54 Å². The van der Waals surface area contributed by atoms with Gasteiger partial charge in [-0.05, 0) is 23.8 Å². The van der Waals surface area contributed by atoms with Crippen LogP contribution in [0.15, 0.2) is 24.5 Å². The van der Waals surface area contributed by atoms with Gasteiger partial charge in [-0.3, -0.25) is 4.57 Å². The first-order chi connectivity index (χ1) is 8.71. The van der Waals surface area contributed by atoms with Gasteiger partial charge in [0.15, 0.2) is 11.4 Å². The topological polar surface area (TPSA) is 91.4 Å². The van der Waals surface area contributed by atoms with E-state index < -0.39 is 5.82 Å². The molecule has 0 aliphatic carbocycles. The second-order valence-electron chi connectivity index (χ2n) is 3.51. The largest absolute Gasteiger partial charge is 0.326 e. The van der Waals surface area contributed by atoms with Crippen molar-refractivity contribution in [2.75, 3.05) is 0 Å². The van der Waals surface area contributed by atoms with E-state index in [1.807, 2.05) is 12.1 Å². The third-order valence-corrected chi connectivity index (χ3v) is 2.50. The molecular weight excluding hydrogens is 233 g/mol. The Balaban J connectivity index is 2.67. The number of nitriles is 2.